The highest BCUT2D eigenvalue weighted by atomic mass is 16.3. The Hall–Kier alpha value is -8.19. The van der Waals surface area contributed by atoms with E-state index < -0.39 is 0 Å². The molecule has 3 aromatic heterocycles. The number of fused-ring (bicyclic) bond motifs is 9. The first-order chi connectivity index (χ1) is 31.2. The minimum absolute atomic E-state index is 0.259. The molecule has 6 heteroatoms. The average Bonchev–Trinajstić information content (AvgIpc) is 4.01. The molecular weight excluding hydrogens is 771 g/mol. The molecule has 298 valence electrons. The summed E-state index contributed by atoms with van der Waals surface area (Å²) in [6, 6.07) is 75.5. The first-order valence-corrected chi connectivity index (χ1v) is 21.5. The van der Waals surface area contributed by atoms with E-state index in [1.54, 1.807) is 0 Å². The van der Waals surface area contributed by atoms with E-state index in [2.05, 4.69) is 226 Å². The molecule has 2 atom stereocenters. The van der Waals surface area contributed by atoms with Crippen molar-refractivity contribution >= 4 is 71.4 Å². The zero-order chi connectivity index (χ0) is 41.4. The lowest BCUT2D eigenvalue weighted by Crippen LogP contribution is -2.45. The van der Waals surface area contributed by atoms with Crippen LogP contribution in [0.3, 0.4) is 0 Å². The SMILES string of the molecule is c1ccc(C2=NC(c3cccc(-c4ccccc4)c3)NC(c3cccc4oc5cc(-n6c7ccccc7c7cc8c(cc76)c6ccccc6n8-c6ccccc6)ccc5c34)N2)cc1. The van der Waals surface area contributed by atoms with Gasteiger partial charge in [-0.25, -0.2) is 4.99 Å². The maximum Gasteiger partial charge on any atom is 0.137 e. The molecule has 4 heterocycles. The summed E-state index contributed by atoms with van der Waals surface area (Å²) in [5, 5.41) is 14.7. The molecular formula is C57H39N5O. The maximum atomic E-state index is 6.81. The van der Waals surface area contributed by atoms with Gasteiger partial charge < -0.3 is 18.9 Å². The fourth-order valence-electron chi connectivity index (χ4n) is 9.94. The number of hydrogen-bond acceptors (Lipinski definition) is 4. The van der Waals surface area contributed by atoms with Crippen molar-refractivity contribution in [1.82, 2.24) is 19.8 Å². The van der Waals surface area contributed by atoms with Gasteiger partial charge in [0.1, 0.15) is 29.3 Å². The predicted molar refractivity (Wildman–Crippen MR) is 259 cm³/mol. The van der Waals surface area contributed by atoms with Crippen LogP contribution < -0.4 is 10.6 Å². The van der Waals surface area contributed by atoms with Crippen molar-refractivity contribution in [3.63, 3.8) is 0 Å². The summed E-state index contributed by atoms with van der Waals surface area (Å²) in [6.07, 6.45) is -0.552. The lowest BCUT2D eigenvalue weighted by Gasteiger charge is -2.32. The zero-order valence-electron chi connectivity index (χ0n) is 34.1. The van der Waals surface area contributed by atoms with Crippen molar-refractivity contribution in [2.24, 2.45) is 4.99 Å². The van der Waals surface area contributed by atoms with E-state index in [0.717, 1.165) is 72.4 Å². The molecule has 63 heavy (non-hydrogen) atoms. The van der Waals surface area contributed by atoms with E-state index >= 15 is 0 Å². The Morgan fingerprint density at radius 3 is 1.73 bits per heavy atom. The molecule has 0 saturated carbocycles. The van der Waals surface area contributed by atoms with E-state index in [9.17, 15) is 0 Å². The van der Waals surface area contributed by atoms with Gasteiger partial charge in [-0.05, 0) is 77.4 Å². The highest BCUT2D eigenvalue weighted by molar-refractivity contribution is 6.19. The minimum atomic E-state index is -0.293. The summed E-state index contributed by atoms with van der Waals surface area (Å²) in [5.74, 6) is 0.842. The van der Waals surface area contributed by atoms with Crippen LogP contribution in [0.1, 0.15) is 29.0 Å². The second-order valence-electron chi connectivity index (χ2n) is 16.4. The lowest BCUT2D eigenvalue weighted by molar-refractivity contribution is 0.411. The number of benzene rings is 9. The third kappa shape index (κ3) is 5.73. The second-order valence-corrected chi connectivity index (χ2v) is 16.4. The van der Waals surface area contributed by atoms with Gasteiger partial charge >= 0.3 is 0 Å². The molecule has 6 nitrogen and oxygen atoms in total. The highest BCUT2D eigenvalue weighted by Gasteiger charge is 2.28. The maximum absolute atomic E-state index is 6.81. The minimum Gasteiger partial charge on any atom is -0.456 e. The number of aliphatic imine (C=N–C) groups is 1. The van der Waals surface area contributed by atoms with Crippen LogP contribution >= 0.6 is 0 Å². The topological polar surface area (TPSA) is 59.4 Å². The van der Waals surface area contributed by atoms with Crippen LogP contribution in [0.4, 0.5) is 0 Å². The number of furan rings is 1. The van der Waals surface area contributed by atoms with E-state index in [4.69, 9.17) is 9.41 Å². The highest BCUT2D eigenvalue weighted by Crippen LogP contribution is 2.42. The predicted octanol–water partition coefficient (Wildman–Crippen LogP) is 13.8. The molecule has 12 aromatic rings. The number of nitrogens with zero attached hydrogens (tertiary/aromatic N) is 3. The molecule has 2 unspecified atom stereocenters. The fourth-order valence-corrected chi connectivity index (χ4v) is 9.94. The lowest BCUT2D eigenvalue weighted by atomic mass is 9.99. The van der Waals surface area contributed by atoms with Crippen LogP contribution in [0.15, 0.2) is 222 Å². The van der Waals surface area contributed by atoms with Gasteiger partial charge in [0, 0.05) is 60.9 Å². The van der Waals surface area contributed by atoms with E-state index in [1.165, 1.54) is 38.1 Å². The van der Waals surface area contributed by atoms with Gasteiger partial charge in [0.15, 0.2) is 0 Å². The largest absolute Gasteiger partial charge is 0.456 e. The van der Waals surface area contributed by atoms with Gasteiger partial charge in [-0.1, -0.05) is 146 Å². The zero-order valence-corrected chi connectivity index (χ0v) is 34.1. The van der Waals surface area contributed by atoms with Crippen molar-refractivity contribution in [3.8, 4) is 22.5 Å². The van der Waals surface area contributed by atoms with Crippen LogP contribution in [0.2, 0.25) is 0 Å². The van der Waals surface area contributed by atoms with Gasteiger partial charge in [0.05, 0.1) is 22.1 Å². The Morgan fingerprint density at radius 2 is 1.02 bits per heavy atom. The molecule has 0 amide bonds. The first kappa shape index (κ1) is 35.6. The number of amidine groups is 1. The summed E-state index contributed by atoms with van der Waals surface area (Å²) in [7, 11) is 0. The Labute approximate surface area is 363 Å². The Balaban J connectivity index is 0.952. The van der Waals surface area contributed by atoms with Gasteiger partial charge in [-0.15, -0.1) is 0 Å². The molecule has 1 aliphatic heterocycles. The van der Waals surface area contributed by atoms with E-state index in [1.807, 2.05) is 6.07 Å². The standard InChI is InChI=1S/C57H39N5O/c1-4-16-36(17-5-1)38-20-14-21-39(32-38)56-58-55(37-18-6-2-7-19-37)59-57(60-56)45-26-15-29-52-54(45)44-31-30-41(33-53(44)63-52)62-49-28-13-11-25-43(49)47-34-50-46(35-51(47)62)42-24-10-12-27-48(42)61(50)40-22-8-3-9-23-40/h1-35,56-57,60H,(H,58,59). The van der Waals surface area contributed by atoms with Crippen LogP contribution in [0.25, 0.3) is 88.1 Å². The summed E-state index contributed by atoms with van der Waals surface area (Å²) < 4.78 is 11.6. The van der Waals surface area contributed by atoms with Crippen LogP contribution in [-0.2, 0) is 0 Å². The third-order valence-corrected chi connectivity index (χ3v) is 12.8. The molecule has 9 aromatic carbocycles. The molecule has 13 rings (SSSR count). The Bertz CT molecular complexity index is 3750. The second kappa shape index (κ2) is 14.2. The van der Waals surface area contributed by atoms with Gasteiger partial charge in [-0.3, -0.25) is 5.32 Å². The van der Waals surface area contributed by atoms with Crippen molar-refractivity contribution < 1.29 is 4.42 Å². The molecule has 0 fully saturated rings. The van der Waals surface area contributed by atoms with E-state index in [-0.39, 0.29) is 12.3 Å². The molecule has 0 bridgehead atoms. The monoisotopic (exact) mass is 809 g/mol. The molecule has 1 aliphatic rings. The van der Waals surface area contributed by atoms with Gasteiger partial charge in [0.25, 0.3) is 0 Å². The number of nitrogens with one attached hydrogen (secondary N) is 2. The van der Waals surface area contributed by atoms with Crippen molar-refractivity contribution in [3.05, 3.63) is 229 Å². The summed E-state index contributed by atoms with van der Waals surface area (Å²) in [6.45, 7) is 0. The van der Waals surface area contributed by atoms with Gasteiger partial charge in [-0.2, -0.15) is 0 Å². The molecule has 0 aliphatic carbocycles. The normalized spacial score (nSPS) is 15.5. The molecule has 0 radical (unpaired) electrons. The van der Waals surface area contributed by atoms with E-state index in [0.29, 0.717) is 0 Å². The number of para-hydroxylation sites is 3. The Kier molecular flexibility index (Phi) is 8.01. The van der Waals surface area contributed by atoms with Crippen LogP contribution in [-0.4, -0.2) is 15.0 Å². The average molecular weight is 810 g/mol. The smallest absolute Gasteiger partial charge is 0.137 e. The van der Waals surface area contributed by atoms with Gasteiger partial charge in [0.2, 0.25) is 0 Å². The molecule has 0 saturated heterocycles. The summed E-state index contributed by atoms with van der Waals surface area (Å²) >= 11 is 0. The number of aromatic nitrogens is 2. The first-order valence-electron chi connectivity index (χ1n) is 21.5. The van der Waals surface area contributed by atoms with Crippen molar-refractivity contribution in [1.29, 1.82) is 0 Å². The number of rotatable bonds is 6. The van der Waals surface area contributed by atoms with Crippen LogP contribution in [0.5, 0.6) is 0 Å². The quantitative estimate of drug-likeness (QED) is 0.176. The van der Waals surface area contributed by atoms with Crippen molar-refractivity contribution in [2.75, 3.05) is 0 Å². The van der Waals surface area contributed by atoms with Crippen molar-refractivity contribution in [2.45, 2.75) is 12.3 Å². The number of hydrogen-bond donors (Lipinski definition) is 2. The fraction of sp³-hybridized carbons (Fsp3) is 0.0351. The summed E-state index contributed by atoms with van der Waals surface area (Å²) in [4.78, 5) is 5.27. The van der Waals surface area contributed by atoms with Crippen LogP contribution in [0, 0.1) is 0 Å². The molecule has 0 spiro atoms. The molecule has 2 N–H and O–H groups in total. The Morgan fingerprint density at radius 1 is 0.413 bits per heavy atom. The third-order valence-electron chi connectivity index (χ3n) is 12.8. The summed E-state index contributed by atoms with van der Waals surface area (Å²) in [5.41, 5.74) is 14.1.